The first-order chi connectivity index (χ1) is 12.7. The Morgan fingerprint density at radius 2 is 1.67 bits per heavy atom. The Morgan fingerprint density at radius 1 is 0.926 bits per heavy atom. The van der Waals surface area contributed by atoms with Gasteiger partial charge in [-0.2, -0.15) is 0 Å². The molecule has 0 unspecified atom stereocenters. The smallest absolute Gasteiger partial charge is 0.00103 e. The summed E-state index contributed by atoms with van der Waals surface area (Å²) < 4.78 is 0. The van der Waals surface area contributed by atoms with Crippen LogP contribution in [0.25, 0.3) is 11.1 Å². The minimum Gasteiger partial charge on any atom is -0.0804 e. The molecule has 0 N–H and O–H groups in total. The van der Waals surface area contributed by atoms with Crippen LogP contribution in [0.2, 0.25) is 0 Å². The van der Waals surface area contributed by atoms with Crippen LogP contribution in [0.4, 0.5) is 0 Å². The number of fused-ring (bicyclic) bond motifs is 3. The third-order valence-corrected chi connectivity index (χ3v) is 5.99. The fourth-order valence-corrected chi connectivity index (χ4v) is 4.93. The summed E-state index contributed by atoms with van der Waals surface area (Å²) >= 11 is 0. The molecule has 2 aliphatic rings. The summed E-state index contributed by atoms with van der Waals surface area (Å²) in [5, 5.41) is 0. The van der Waals surface area contributed by atoms with Gasteiger partial charge in [0.25, 0.3) is 0 Å². The molecule has 2 aromatic rings. The Labute approximate surface area is 165 Å². The van der Waals surface area contributed by atoms with E-state index in [-0.39, 0.29) is 10.8 Å². The van der Waals surface area contributed by atoms with Gasteiger partial charge in [-0.15, -0.1) is 0 Å². The van der Waals surface area contributed by atoms with Gasteiger partial charge in [0.05, 0.1) is 0 Å². The van der Waals surface area contributed by atoms with E-state index in [0.29, 0.717) is 0 Å². The molecule has 0 nitrogen and oxygen atoms in total. The van der Waals surface area contributed by atoms with Crippen molar-refractivity contribution in [3.8, 4) is 11.1 Å². The number of hydrogen-bond donors (Lipinski definition) is 0. The third kappa shape index (κ3) is 3.20. The van der Waals surface area contributed by atoms with Crippen molar-refractivity contribution in [2.75, 3.05) is 0 Å². The average Bonchev–Trinajstić information content (AvgIpc) is 3.18. The largest absolute Gasteiger partial charge is 0.0804 e. The molecule has 0 amide bonds. The fourth-order valence-electron chi connectivity index (χ4n) is 4.93. The maximum absolute atomic E-state index is 2.54. The van der Waals surface area contributed by atoms with Gasteiger partial charge in [-0.3, -0.25) is 0 Å². The Kier molecular flexibility index (Phi) is 4.22. The lowest BCUT2D eigenvalue weighted by molar-refractivity contribution is 0.568. The molecule has 140 valence electrons. The Hall–Kier alpha value is -2.08. The highest BCUT2D eigenvalue weighted by Crippen LogP contribution is 2.48. The summed E-state index contributed by atoms with van der Waals surface area (Å²) in [7, 11) is 0. The van der Waals surface area contributed by atoms with E-state index in [1.165, 1.54) is 33.4 Å². The van der Waals surface area contributed by atoms with Crippen molar-refractivity contribution >= 4 is 0 Å². The predicted molar refractivity (Wildman–Crippen MR) is 118 cm³/mol. The highest BCUT2D eigenvalue weighted by atomic mass is 14.4. The number of benzene rings is 2. The molecule has 4 rings (SSSR count). The van der Waals surface area contributed by atoms with Gasteiger partial charge in [0.15, 0.2) is 0 Å². The monoisotopic (exact) mass is 356 g/mol. The molecule has 2 aliphatic carbocycles. The first-order valence-electron chi connectivity index (χ1n) is 10.3. The van der Waals surface area contributed by atoms with Crippen LogP contribution in [0.1, 0.15) is 75.8 Å². The topological polar surface area (TPSA) is 0 Å². The highest BCUT2D eigenvalue weighted by Gasteiger charge is 2.33. The number of hydrogen-bond acceptors (Lipinski definition) is 0. The molecule has 0 aromatic heterocycles. The summed E-state index contributed by atoms with van der Waals surface area (Å²) in [6, 6.07) is 11.6. The molecule has 0 atom stereocenters. The second-order valence-electron chi connectivity index (χ2n) is 10.3. The summed E-state index contributed by atoms with van der Waals surface area (Å²) in [4.78, 5) is 0. The molecule has 27 heavy (non-hydrogen) atoms. The van der Waals surface area contributed by atoms with Crippen molar-refractivity contribution in [1.29, 1.82) is 0 Å². The van der Waals surface area contributed by atoms with Crippen LogP contribution < -0.4 is 0 Å². The second-order valence-corrected chi connectivity index (χ2v) is 10.3. The normalized spacial score (nSPS) is 15.7. The number of allylic oxidation sites excluding steroid dienone is 4. The lowest BCUT2D eigenvalue weighted by Crippen LogP contribution is -2.21. The van der Waals surface area contributed by atoms with Crippen LogP contribution >= 0.6 is 0 Å². The molecule has 2 aromatic carbocycles. The van der Waals surface area contributed by atoms with E-state index in [2.05, 4.69) is 90.1 Å². The molecular weight excluding hydrogens is 324 g/mol. The van der Waals surface area contributed by atoms with Crippen LogP contribution in [0.3, 0.4) is 0 Å². The summed E-state index contributed by atoms with van der Waals surface area (Å²) in [5.74, 6) is 0. The van der Waals surface area contributed by atoms with Crippen molar-refractivity contribution in [2.45, 2.75) is 71.6 Å². The lowest BCUT2D eigenvalue weighted by Gasteiger charge is -2.32. The maximum Gasteiger partial charge on any atom is -0.00103 e. The van der Waals surface area contributed by atoms with Crippen molar-refractivity contribution in [3.63, 3.8) is 0 Å². The maximum atomic E-state index is 2.54. The lowest BCUT2D eigenvalue weighted by atomic mass is 9.72. The molecular formula is C27H32. The van der Waals surface area contributed by atoms with E-state index >= 15 is 0 Å². The van der Waals surface area contributed by atoms with Crippen molar-refractivity contribution < 1.29 is 0 Å². The van der Waals surface area contributed by atoms with Gasteiger partial charge in [0.1, 0.15) is 0 Å². The third-order valence-electron chi connectivity index (χ3n) is 5.99. The van der Waals surface area contributed by atoms with E-state index in [1.807, 2.05) is 0 Å². The first-order valence-corrected chi connectivity index (χ1v) is 10.3. The van der Waals surface area contributed by atoms with Crippen LogP contribution in [-0.2, 0) is 23.7 Å². The first kappa shape index (κ1) is 18.3. The molecule has 0 spiro atoms. The van der Waals surface area contributed by atoms with Crippen molar-refractivity contribution in [2.24, 2.45) is 0 Å². The molecule has 0 heteroatoms. The zero-order valence-electron chi connectivity index (χ0n) is 17.7. The van der Waals surface area contributed by atoms with Gasteiger partial charge >= 0.3 is 0 Å². The average molecular weight is 357 g/mol. The summed E-state index contributed by atoms with van der Waals surface area (Å²) in [5.41, 5.74) is 12.5. The Morgan fingerprint density at radius 3 is 2.30 bits per heavy atom. The zero-order chi connectivity index (χ0) is 19.4. The Balaban J connectivity index is 2.00. The fraction of sp³-hybridized carbons (Fsp3) is 0.407. The van der Waals surface area contributed by atoms with Crippen LogP contribution in [0.5, 0.6) is 0 Å². The summed E-state index contributed by atoms with van der Waals surface area (Å²) in [6.07, 6.45) is 10.1. The molecule has 0 heterocycles. The van der Waals surface area contributed by atoms with Crippen LogP contribution in [0, 0.1) is 0 Å². The second kappa shape index (κ2) is 6.23. The van der Waals surface area contributed by atoms with Gasteiger partial charge in [-0.05, 0) is 69.0 Å². The number of rotatable bonds is 2. The molecule has 0 fully saturated rings. The molecule has 0 aliphatic heterocycles. The van der Waals surface area contributed by atoms with Gasteiger partial charge in [0.2, 0.25) is 0 Å². The van der Waals surface area contributed by atoms with Gasteiger partial charge in [-0.1, -0.05) is 95.7 Å². The van der Waals surface area contributed by atoms with E-state index in [1.54, 1.807) is 11.1 Å². The minimum absolute atomic E-state index is 0.134. The van der Waals surface area contributed by atoms with Crippen LogP contribution in [0.15, 0.2) is 54.1 Å². The van der Waals surface area contributed by atoms with Gasteiger partial charge < -0.3 is 0 Å². The van der Waals surface area contributed by atoms with Crippen LogP contribution in [-0.4, -0.2) is 0 Å². The van der Waals surface area contributed by atoms with E-state index < -0.39 is 0 Å². The van der Waals surface area contributed by atoms with Crippen molar-refractivity contribution in [3.05, 3.63) is 82.0 Å². The molecule has 0 radical (unpaired) electrons. The highest BCUT2D eigenvalue weighted by molar-refractivity contribution is 5.83. The van der Waals surface area contributed by atoms with Gasteiger partial charge in [-0.25, -0.2) is 0 Å². The van der Waals surface area contributed by atoms with E-state index in [9.17, 15) is 0 Å². The molecule has 0 saturated carbocycles. The minimum atomic E-state index is 0.134. The SMILES string of the molecule is CC(C)(C)c1cc(CC2=CC=CC2)c(C(C)(C)C)c2c1-c1ccccc1C2. The van der Waals surface area contributed by atoms with E-state index in [0.717, 1.165) is 19.3 Å². The quantitative estimate of drug-likeness (QED) is 0.452. The standard InChI is InChI=1S/C27H32/c1-26(2,3)23-17-20(15-18-11-7-8-12-18)25(27(4,5)6)22-16-19-13-9-10-14-21(19)24(22)23/h7-11,13-14,17H,12,15-16H2,1-6H3. The van der Waals surface area contributed by atoms with E-state index in [4.69, 9.17) is 0 Å². The van der Waals surface area contributed by atoms with Crippen molar-refractivity contribution in [1.82, 2.24) is 0 Å². The zero-order valence-corrected chi connectivity index (χ0v) is 17.7. The molecule has 0 bridgehead atoms. The summed E-state index contributed by atoms with van der Waals surface area (Å²) in [6.45, 7) is 14.2. The predicted octanol–water partition coefficient (Wildman–Crippen LogP) is 7.28. The van der Waals surface area contributed by atoms with Gasteiger partial charge in [0, 0.05) is 0 Å². The molecule has 0 saturated heterocycles. The Bertz CT molecular complexity index is 953.